The Bertz CT molecular complexity index is 697. The summed E-state index contributed by atoms with van der Waals surface area (Å²) in [5.41, 5.74) is 1.19. The Balaban J connectivity index is 1.67. The minimum Gasteiger partial charge on any atom is -0.481 e. The molecule has 1 aliphatic heterocycles. The number of aryl methyl sites for hydroxylation is 1. The fourth-order valence-electron chi connectivity index (χ4n) is 2.95. The third kappa shape index (κ3) is 4.01. The van der Waals surface area contributed by atoms with Crippen molar-refractivity contribution in [1.82, 2.24) is 9.97 Å². The van der Waals surface area contributed by atoms with Crippen LogP contribution in [0.2, 0.25) is 0 Å². The van der Waals surface area contributed by atoms with Gasteiger partial charge in [-0.2, -0.15) is 0 Å². The van der Waals surface area contributed by atoms with Gasteiger partial charge < -0.3 is 15.3 Å². The molecule has 24 heavy (non-hydrogen) atoms. The highest BCUT2D eigenvalue weighted by Crippen LogP contribution is 2.23. The summed E-state index contributed by atoms with van der Waals surface area (Å²) in [7, 11) is 0. The molecule has 1 aliphatic rings. The Labute approximate surface area is 141 Å². The molecular weight excluding hydrogens is 304 g/mol. The largest absolute Gasteiger partial charge is 0.481 e. The zero-order chi connectivity index (χ0) is 16.9. The van der Waals surface area contributed by atoms with E-state index >= 15 is 0 Å². The van der Waals surface area contributed by atoms with Crippen molar-refractivity contribution < 1.29 is 9.90 Å². The van der Waals surface area contributed by atoms with Crippen LogP contribution in [0.1, 0.15) is 24.2 Å². The Morgan fingerprint density at radius 1 is 1.25 bits per heavy atom. The number of nitrogens with zero attached hydrogens (tertiary/aromatic N) is 3. The molecule has 6 nitrogen and oxygen atoms in total. The third-order valence-electron chi connectivity index (χ3n) is 4.31. The summed E-state index contributed by atoms with van der Waals surface area (Å²) >= 11 is 0. The summed E-state index contributed by atoms with van der Waals surface area (Å²) in [5, 5.41) is 12.4. The monoisotopic (exact) mass is 326 g/mol. The summed E-state index contributed by atoms with van der Waals surface area (Å²) < 4.78 is 0. The van der Waals surface area contributed by atoms with Crippen molar-refractivity contribution in [1.29, 1.82) is 0 Å². The zero-order valence-corrected chi connectivity index (χ0v) is 13.8. The summed E-state index contributed by atoms with van der Waals surface area (Å²) in [6.45, 7) is 4.01. The number of piperidine rings is 1. The standard InChI is InChI=1S/C18H22N4O2/c1-13-20-16(19-12-14-5-3-2-4-6-14)11-17(21-13)22-9-7-15(8-10-22)18(23)24/h2-6,11,15H,7-10,12H2,1H3,(H,23,24)(H,19,20,21). The average Bonchev–Trinajstić information content (AvgIpc) is 2.60. The van der Waals surface area contributed by atoms with Crippen LogP contribution in [0.3, 0.4) is 0 Å². The van der Waals surface area contributed by atoms with Crippen molar-refractivity contribution in [2.24, 2.45) is 5.92 Å². The molecule has 0 bridgehead atoms. The lowest BCUT2D eigenvalue weighted by Crippen LogP contribution is -2.36. The van der Waals surface area contributed by atoms with Crippen LogP contribution in [0.5, 0.6) is 0 Å². The molecule has 0 atom stereocenters. The number of benzene rings is 1. The number of carboxylic acid groups (broad SMARTS) is 1. The minimum atomic E-state index is -0.696. The van der Waals surface area contributed by atoms with Gasteiger partial charge in [-0.3, -0.25) is 4.79 Å². The first-order valence-corrected chi connectivity index (χ1v) is 8.23. The van der Waals surface area contributed by atoms with E-state index in [4.69, 9.17) is 5.11 Å². The van der Waals surface area contributed by atoms with E-state index in [1.807, 2.05) is 31.2 Å². The summed E-state index contributed by atoms with van der Waals surface area (Å²) in [6, 6.07) is 12.1. The Hall–Kier alpha value is -2.63. The number of rotatable bonds is 5. The molecular formula is C18H22N4O2. The molecule has 2 N–H and O–H groups in total. The molecule has 1 saturated heterocycles. The van der Waals surface area contributed by atoms with Crippen LogP contribution < -0.4 is 10.2 Å². The number of nitrogens with one attached hydrogen (secondary N) is 1. The summed E-state index contributed by atoms with van der Waals surface area (Å²) in [4.78, 5) is 22.2. The molecule has 2 heterocycles. The van der Waals surface area contributed by atoms with Gasteiger partial charge in [0.25, 0.3) is 0 Å². The van der Waals surface area contributed by atoms with E-state index in [2.05, 4.69) is 32.3 Å². The van der Waals surface area contributed by atoms with E-state index < -0.39 is 5.97 Å². The van der Waals surface area contributed by atoms with Gasteiger partial charge in [0.05, 0.1) is 5.92 Å². The summed E-state index contributed by atoms with van der Waals surface area (Å²) in [5.74, 6) is 1.44. The number of hydrogen-bond donors (Lipinski definition) is 2. The second-order valence-corrected chi connectivity index (χ2v) is 6.10. The van der Waals surface area contributed by atoms with Crippen molar-refractivity contribution in [3.8, 4) is 0 Å². The predicted octanol–water partition coefficient (Wildman–Crippen LogP) is 2.70. The lowest BCUT2D eigenvalue weighted by molar-refractivity contribution is -0.142. The molecule has 1 fully saturated rings. The Kier molecular flexibility index (Phi) is 4.93. The van der Waals surface area contributed by atoms with Crippen molar-refractivity contribution >= 4 is 17.6 Å². The summed E-state index contributed by atoms with van der Waals surface area (Å²) in [6.07, 6.45) is 1.32. The quantitative estimate of drug-likeness (QED) is 0.879. The molecule has 0 saturated carbocycles. The number of carbonyl (C=O) groups is 1. The molecule has 6 heteroatoms. The topological polar surface area (TPSA) is 78.4 Å². The lowest BCUT2D eigenvalue weighted by Gasteiger charge is -2.31. The molecule has 0 amide bonds. The number of carboxylic acids is 1. The number of aliphatic carboxylic acids is 1. The first-order chi connectivity index (χ1) is 11.6. The smallest absolute Gasteiger partial charge is 0.306 e. The molecule has 2 aromatic rings. The van der Waals surface area contributed by atoms with Crippen LogP contribution in [0.4, 0.5) is 11.6 Å². The molecule has 126 valence electrons. The highest BCUT2D eigenvalue weighted by atomic mass is 16.4. The molecule has 1 aromatic carbocycles. The second kappa shape index (κ2) is 7.29. The van der Waals surface area contributed by atoms with Crippen LogP contribution in [0.25, 0.3) is 0 Å². The minimum absolute atomic E-state index is 0.236. The van der Waals surface area contributed by atoms with Gasteiger partial charge in [0, 0.05) is 25.7 Å². The fourth-order valence-corrected chi connectivity index (χ4v) is 2.95. The van der Waals surface area contributed by atoms with Crippen LogP contribution in [-0.4, -0.2) is 34.1 Å². The van der Waals surface area contributed by atoms with E-state index in [0.29, 0.717) is 38.3 Å². The van der Waals surface area contributed by atoms with Crippen LogP contribution in [0.15, 0.2) is 36.4 Å². The van der Waals surface area contributed by atoms with Crippen molar-refractivity contribution in [3.63, 3.8) is 0 Å². The maximum absolute atomic E-state index is 11.1. The van der Waals surface area contributed by atoms with Gasteiger partial charge in [0.15, 0.2) is 0 Å². The number of hydrogen-bond acceptors (Lipinski definition) is 5. The third-order valence-corrected chi connectivity index (χ3v) is 4.31. The Morgan fingerprint density at radius 2 is 1.96 bits per heavy atom. The first-order valence-electron chi connectivity index (χ1n) is 8.23. The van der Waals surface area contributed by atoms with Crippen LogP contribution in [-0.2, 0) is 11.3 Å². The van der Waals surface area contributed by atoms with Gasteiger partial charge in [-0.05, 0) is 25.3 Å². The van der Waals surface area contributed by atoms with Gasteiger partial charge >= 0.3 is 5.97 Å². The van der Waals surface area contributed by atoms with Crippen molar-refractivity contribution in [2.75, 3.05) is 23.3 Å². The van der Waals surface area contributed by atoms with E-state index in [1.165, 1.54) is 5.56 Å². The number of anilines is 2. The van der Waals surface area contributed by atoms with E-state index in [-0.39, 0.29) is 5.92 Å². The maximum Gasteiger partial charge on any atom is 0.306 e. The predicted molar refractivity (Wildman–Crippen MR) is 93.1 cm³/mol. The molecule has 0 unspecified atom stereocenters. The van der Waals surface area contributed by atoms with E-state index in [9.17, 15) is 4.79 Å². The molecule has 1 aromatic heterocycles. The van der Waals surface area contributed by atoms with Crippen molar-refractivity contribution in [3.05, 3.63) is 47.8 Å². The van der Waals surface area contributed by atoms with Crippen molar-refractivity contribution in [2.45, 2.75) is 26.3 Å². The van der Waals surface area contributed by atoms with E-state index in [0.717, 1.165) is 11.6 Å². The molecule has 0 radical (unpaired) electrons. The van der Waals surface area contributed by atoms with Crippen LogP contribution in [0, 0.1) is 12.8 Å². The fraction of sp³-hybridized carbons (Fsp3) is 0.389. The van der Waals surface area contributed by atoms with Crippen LogP contribution >= 0.6 is 0 Å². The SMILES string of the molecule is Cc1nc(NCc2ccccc2)cc(N2CCC(C(=O)O)CC2)n1. The number of aromatic nitrogens is 2. The van der Waals surface area contributed by atoms with Gasteiger partial charge in [-0.25, -0.2) is 9.97 Å². The van der Waals surface area contributed by atoms with E-state index in [1.54, 1.807) is 0 Å². The maximum atomic E-state index is 11.1. The van der Waals surface area contributed by atoms with Gasteiger partial charge in [-0.1, -0.05) is 30.3 Å². The molecule has 3 rings (SSSR count). The Morgan fingerprint density at radius 3 is 2.62 bits per heavy atom. The van der Waals surface area contributed by atoms with Gasteiger partial charge in [0.1, 0.15) is 17.5 Å². The second-order valence-electron chi connectivity index (χ2n) is 6.10. The highest BCUT2D eigenvalue weighted by Gasteiger charge is 2.25. The highest BCUT2D eigenvalue weighted by molar-refractivity contribution is 5.70. The first kappa shape index (κ1) is 16.2. The zero-order valence-electron chi connectivity index (χ0n) is 13.8. The molecule has 0 aliphatic carbocycles. The normalized spacial score (nSPS) is 15.3. The molecule has 0 spiro atoms. The average molecular weight is 326 g/mol. The van der Waals surface area contributed by atoms with Gasteiger partial charge in [0.2, 0.25) is 0 Å². The van der Waals surface area contributed by atoms with Gasteiger partial charge in [-0.15, -0.1) is 0 Å². The lowest BCUT2D eigenvalue weighted by atomic mass is 9.97.